The Balaban J connectivity index is 0.000000189. The van der Waals surface area contributed by atoms with Crippen LogP contribution in [0.2, 0.25) is 0 Å². The SMILES string of the molecule is CC(C)(C)OC(=O)NC[C@@H](NC(=O)c1cc2cc3c(nc2s1)CC[C@@H](C(C)(C)C)C3)c1cccc(N)c1.CC(C)(C)[C@@H]1CCc2nc3sc(C(=O)N[C@H](CN)c4cccc(NCc5ccncc5)c4)cc3cc2C1.O=Cc1ccncc1. The molecule has 0 aliphatic heterocycles. The van der Waals surface area contributed by atoms with Gasteiger partial charge in [0.2, 0.25) is 0 Å². The zero-order valence-electron chi connectivity index (χ0n) is 48.6. The van der Waals surface area contributed by atoms with Gasteiger partial charge in [0.25, 0.3) is 11.8 Å². The van der Waals surface area contributed by atoms with Crippen LogP contribution in [0.25, 0.3) is 20.4 Å². The molecule has 6 aromatic heterocycles. The van der Waals surface area contributed by atoms with Crippen LogP contribution in [0.15, 0.2) is 122 Å². The topological polar surface area (TPSA) is 229 Å². The molecule has 8 N–H and O–H groups in total. The number of nitrogen functional groups attached to an aromatic ring is 1. The molecule has 2 aromatic carbocycles. The minimum atomic E-state index is -0.615. The van der Waals surface area contributed by atoms with Crippen molar-refractivity contribution in [2.75, 3.05) is 24.1 Å². The van der Waals surface area contributed by atoms with Gasteiger partial charge in [-0.3, -0.25) is 24.4 Å². The lowest BCUT2D eigenvalue weighted by molar-refractivity contribution is 0.0519. The van der Waals surface area contributed by atoms with Crippen molar-refractivity contribution < 1.29 is 23.9 Å². The number of aromatic nitrogens is 4. The number of anilines is 2. The number of fused-ring (bicyclic) bond motifs is 4. The van der Waals surface area contributed by atoms with E-state index in [0.29, 0.717) is 45.9 Å². The quantitative estimate of drug-likeness (QED) is 0.0468. The van der Waals surface area contributed by atoms with Gasteiger partial charge >= 0.3 is 6.09 Å². The van der Waals surface area contributed by atoms with Crippen LogP contribution in [0.4, 0.5) is 16.2 Å². The second kappa shape index (κ2) is 26.5. The van der Waals surface area contributed by atoms with E-state index in [0.717, 1.165) is 86.9 Å². The predicted molar refractivity (Wildman–Crippen MR) is 331 cm³/mol. The third kappa shape index (κ3) is 16.5. The zero-order valence-corrected chi connectivity index (χ0v) is 50.2. The van der Waals surface area contributed by atoms with E-state index in [1.54, 1.807) is 69.8 Å². The molecule has 15 nitrogen and oxygen atoms in total. The molecule has 0 saturated carbocycles. The van der Waals surface area contributed by atoms with Crippen molar-refractivity contribution >= 4 is 78.7 Å². The largest absolute Gasteiger partial charge is 0.444 e. The van der Waals surface area contributed by atoms with Crippen molar-refractivity contribution in [2.24, 2.45) is 28.4 Å². The number of thiophene rings is 2. The van der Waals surface area contributed by atoms with Gasteiger partial charge in [-0.2, -0.15) is 0 Å². The molecule has 10 rings (SSSR count). The number of amides is 3. The van der Waals surface area contributed by atoms with Gasteiger partial charge in [-0.05, 0) is 183 Å². The number of nitrogens with one attached hydrogen (secondary N) is 4. The van der Waals surface area contributed by atoms with Crippen molar-refractivity contribution in [3.63, 3.8) is 0 Å². The summed E-state index contributed by atoms with van der Waals surface area (Å²) in [7, 11) is 0. The van der Waals surface area contributed by atoms with Crippen molar-refractivity contribution in [3.8, 4) is 0 Å². The number of nitrogens with two attached hydrogens (primary N) is 2. The molecule has 0 spiro atoms. The highest BCUT2D eigenvalue weighted by atomic mass is 32.1. The molecule has 17 heteroatoms. The number of alkyl carbamates (subject to hydrolysis) is 1. The average Bonchev–Trinajstić information content (AvgIpc) is 4.21. The summed E-state index contributed by atoms with van der Waals surface area (Å²) in [4.78, 5) is 69.6. The Hall–Kier alpha value is -7.60. The van der Waals surface area contributed by atoms with Crippen LogP contribution in [-0.2, 0) is 37.0 Å². The first-order valence-corrected chi connectivity index (χ1v) is 29.7. The smallest absolute Gasteiger partial charge is 0.407 e. The van der Waals surface area contributed by atoms with E-state index in [-0.39, 0.29) is 35.2 Å². The fraction of sp³-hybridized carbons (Fsp3) is 0.385. The van der Waals surface area contributed by atoms with Crippen LogP contribution in [0.1, 0.15) is 156 Å². The lowest BCUT2D eigenvalue weighted by Gasteiger charge is -2.34. The summed E-state index contributed by atoms with van der Waals surface area (Å²) in [6.45, 7) is 20.5. The minimum Gasteiger partial charge on any atom is -0.444 e. The molecule has 4 atom stereocenters. The maximum Gasteiger partial charge on any atom is 0.407 e. The van der Waals surface area contributed by atoms with Crippen molar-refractivity contribution in [1.82, 2.24) is 35.9 Å². The number of carbonyl (C=O) groups excluding carboxylic acids is 4. The Labute approximate surface area is 489 Å². The Bertz CT molecular complexity index is 3490. The van der Waals surface area contributed by atoms with E-state index >= 15 is 0 Å². The molecule has 2 aliphatic rings. The summed E-state index contributed by atoms with van der Waals surface area (Å²) in [5, 5.41) is 14.5. The summed E-state index contributed by atoms with van der Waals surface area (Å²) < 4.78 is 5.36. The molecular weight excluding hydrogens is 1060 g/mol. The number of rotatable bonds is 13. The number of aldehydes is 1. The second-order valence-corrected chi connectivity index (χ2v) is 26.4. The molecule has 0 unspecified atom stereocenters. The number of hydrogen-bond donors (Lipinski definition) is 6. The predicted octanol–water partition coefficient (Wildman–Crippen LogP) is 12.8. The molecule has 8 aromatic rings. The minimum absolute atomic E-state index is 0.112. The molecular formula is C65H78N10O5S2. The Morgan fingerprint density at radius 1 is 0.671 bits per heavy atom. The van der Waals surface area contributed by atoms with Gasteiger partial charge in [0.05, 0.1) is 21.8 Å². The molecule has 6 heterocycles. The van der Waals surface area contributed by atoms with Gasteiger partial charge in [0.1, 0.15) is 21.5 Å². The summed E-state index contributed by atoms with van der Waals surface area (Å²) in [6, 6.07) is 30.2. The van der Waals surface area contributed by atoms with Gasteiger partial charge in [0.15, 0.2) is 0 Å². The van der Waals surface area contributed by atoms with Crippen LogP contribution >= 0.6 is 22.7 Å². The van der Waals surface area contributed by atoms with Crippen molar-refractivity contribution in [1.29, 1.82) is 0 Å². The van der Waals surface area contributed by atoms with Crippen molar-refractivity contribution in [2.45, 2.75) is 125 Å². The second-order valence-electron chi connectivity index (χ2n) is 24.4. The molecule has 0 radical (unpaired) electrons. The summed E-state index contributed by atoms with van der Waals surface area (Å²) in [5.41, 5.74) is 22.1. The molecule has 2 aliphatic carbocycles. The van der Waals surface area contributed by atoms with Gasteiger partial charge in [-0.1, -0.05) is 65.8 Å². The van der Waals surface area contributed by atoms with E-state index in [1.165, 1.54) is 45.9 Å². The van der Waals surface area contributed by atoms with Crippen LogP contribution in [-0.4, -0.2) is 62.8 Å². The van der Waals surface area contributed by atoms with Crippen LogP contribution in [0.5, 0.6) is 0 Å². The summed E-state index contributed by atoms with van der Waals surface area (Å²) in [5.74, 6) is 0.948. The maximum absolute atomic E-state index is 13.4. The molecule has 82 heavy (non-hydrogen) atoms. The summed E-state index contributed by atoms with van der Waals surface area (Å²) >= 11 is 2.86. The first kappa shape index (κ1) is 60.5. The summed E-state index contributed by atoms with van der Waals surface area (Å²) in [6.07, 6.45) is 13.4. The number of aryl methyl sites for hydroxylation is 2. The highest BCUT2D eigenvalue weighted by Gasteiger charge is 2.32. The molecule has 0 saturated heterocycles. The lowest BCUT2D eigenvalue weighted by atomic mass is 9.71. The third-order valence-corrected chi connectivity index (χ3v) is 17.1. The first-order valence-electron chi connectivity index (χ1n) is 28.1. The number of hydrogen-bond acceptors (Lipinski definition) is 14. The molecule has 3 amide bonds. The van der Waals surface area contributed by atoms with E-state index in [4.69, 9.17) is 26.2 Å². The molecule has 0 fully saturated rings. The highest BCUT2D eigenvalue weighted by Crippen LogP contribution is 2.40. The van der Waals surface area contributed by atoms with E-state index in [2.05, 4.69) is 84.9 Å². The van der Waals surface area contributed by atoms with Gasteiger partial charge in [-0.15, -0.1) is 22.7 Å². The van der Waals surface area contributed by atoms with E-state index < -0.39 is 17.7 Å². The number of carbonyl (C=O) groups is 4. The normalized spacial score (nSPS) is 15.7. The van der Waals surface area contributed by atoms with E-state index in [1.807, 2.05) is 60.7 Å². The molecule has 430 valence electrons. The van der Waals surface area contributed by atoms with Crippen LogP contribution in [0, 0.1) is 22.7 Å². The third-order valence-electron chi connectivity index (χ3n) is 15.0. The number of ether oxygens (including phenoxy) is 1. The lowest BCUT2D eigenvalue weighted by Crippen LogP contribution is -2.40. The maximum atomic E-state index is 13.4. The van der Waals surface area contributed by atoms with Gasteiger partial charge in [0, 0.05) is 83.5 Å². The van der Waals surface area contributed by atoms with Gasteiger partial charge < -0.3 is 37.5 Å². The Morgan fingerprint density at radius 3 is 1.67 bits per heavy atom. The Morgan fingerprint density at radius 2 is 1.18 bits per heavy atom. The van der Waals surface area contributed by atoms with Crippen LogP contribution < -0.4 is 32.7 Å². The highest BCUT2D eigenvalue weighted by molar-refractivity contribution is 7.20. The zero-order chi connectivity index (χ0) is 58.8. The van der Waals surface area contributed by atoms with Gasteiger partial charge in [-0.25, -0.2) is 14.8 Å². The fourth-order valence-electron chi connectivity index (χ4n) is 10.2. The standard InChI is InChI=1S/C30H35N5OS.C29H38N4O3S.C6H5NO/c1-30(2,3)23-7-8-25-21(14-23)13-22-16-27(37-29(22)35-25)28(36)34-26(17-31)20-5-4-6-24(15-20)33-18-19-9-11-32-12-10-19;1-28(2,3)20-10-11-22-18(13-20)12-19-15-24(37-26(19)33-22)25(34)32-23(17-8-7-9-21(30)14-17)16-31-27(35)36-29(4,5)6;8-5-6-1-3-7-4-2-6/h4-6,9-13,15-16,23,26,33H,7-8,14,17-18,31H2,1-3H3,(H,34,36);7-9,12,14-15,20,23H,10-11,13,16,30H2,1-6H3,(H,31,35)(H,32,34);1-5H/t23-,26-;20-,23-;/m11./s1. The van der Waals surface area contributed by atoms with Crippen LogP contribution in [0.3, 0.4) is 0 Å². The average molecular weight is 1140 g/mol. The van der Waals surface area contributed by atoms with E-state index in [9.17, 15) is 19.2 Å². The first-order chi connectivity index (χ1) is 39.0. The number of benzene rings is 2. The van der Waals surface area contributed by atoms with Crippen molar-refractivity contribution in [3.05, 3.63) is 176 Å². The number of pyridine rings is 4. The fourth-order valence-corrected chi connectivity index (χ4v) is 12.1. The Kier molecular flexibility index (Phi) is 19.6. The number of nitrogens with zero attached hydrogens (tertiary/aromatic N) is 4. The molecule has 0 bridgehead atoms. The monoisotopic (exact) mass is 1140 g/mol.